The second-order valence-electron chi connectivity index (χ2n) is 2.50. The minimum absolute atomic E-state index is 0.191. The lowest BCUT2D eigenvalue weighted by atomic mass is 10.2. The molecule has 1 unspecified atom stereocenters. The van der Waals surface area contributed by atoms with Crippen LogP contribution in [-0.4, -0.2) is 27.0 Å². The molecule has 1 heterocycles. The second kappa shape index (κ2) is 3.92. The monoisotopic (exact) mass is 166 g/mol. The van der Waals surface area contributed by atoms with Crippen LogP contribution in [0, 0.1) is 0 Å². The molecule has 0 aliphatic rings. The molecule has 0 fully saturated rings. The lowest BCUT2D eigenvalue weighted by Gasteiger charge is -2.03. The first-order valence-corrected chi connectivity index (χ1v) is 3.64. The minimum Gasteiger partial charge on any atom is -0.385 e. The van der Waals surface area contributed by atoms with Crippen LogP contribution in [0.25, 0.3) is 0 Å². The number of nitrogens with zero attached hydrogens (tertiary/aromatic N) is 2. The van der Waals surface area contributed by atoms with E-state index in [-0.39, 0.29) is 12.2 Å². The molecule has 1 N–H and O–H groups in total. The van der Waals surface area contributed by atoms with Crippen LogP contribution in [0.15, 0.2) is 18.5 Å². The average molecular weight is 166 g/mol. The van der Waals surface area contributed by atoms with E-state index in [1.165, 1.54) is 6.92 Å². The van der Waals surface area contributed by atoms with Gasteiger partial charge in [-0.15, -0.1) is 0 Å². The zero-order valence-corrected chi connectivity index (χ0v) is 6.77. The first-order chi connectivity index (χ1) is 5.70. The van der Waals surface area contributed by atoms with Crippen LogP contribution < -0.4 is 0 Å². The van der Waals surface area contributed by atoms with E-state index < -0.39 is 6.10 Å². The summed E-state index contributed by atoms with van der Waals surface area (Å²) >= 11 is 0. The highest BCUT2D eigenvalue weighted by Crippen LogP contribution is 1.95. The van der Waals surface area contributed by atoms with Crippen molar-refractivity contribution >= 4 is 5.78 Å². The second-order valence-corrected chi connectivity index (χ2v) is 2.50. The van der Waals surface area contributed by atoms with E-state index in [1.807, 2.05) is 0 Å². The number of carbonyl (C=O) groups excluding carboxylic acids is 1. The Labute approximate surface area is 70.3 Å². The van der Waals surface area contributed by atoms with Crippen molar-refractivity contribution < 1.29 is 9.90 Å². The summed E-state index contributed by atoms with van der Waals surface area (Å²) in [5.74, 6) is 0.225. The van der Waals surface area contributed by atoms with E-state index in [2.05, 4.69) is 9.97 Å². The fourth-order valence-corrected chi connectivity index (χ4v) is 0.752. The quantitative estimate of drug-likeness (QED) is 0.684. The summed E-state index contributed by atoms with van der Waals surface area (Å²) < 4.78 is 0. The molecule has 1 aromatic heterocycles. The number of rotatable bonds is 3. The van der Waals surface area contributed by atoms with Crippen LogP contribution in [0.4, 0.5) is 0 Å². The lowest BCUT2D eigenvalue weighted by molar-refractivity contribution is -0.124. The standard InChI is InChI=1S/C8H10N2O2/c1-6(11)7(12)5-8-9-3-2-4-10-8/h2-4,7,12H,5H2,1H3. The van der Waals surface area contributed by atoms with Gasteiger partial charge in [0.05, 0.1) is 0 Å². The lowest BCUT2D eigenvalue weighted by Crippen LogP contribution is -2.20. The molecule has 1 aromatic rings. The van der Waals surface area contributed by atoms with Gasteiger partial charge in [0.1, 0.15) is 11.9 Å². The fourth-order valence-electron chi connectivity index (χ4n) is 0.752. The fraction of sp³-hybridized carbons (Fsp3) is 0.375. The molecule has 4 nitrogen and oxygen atoms in total. The van der Waals surface area contributed by atoms with Crippen LogP contribution >= 0.6 is 0 Å². The maximum Gasteiger partial charge on any atom is 0.158 e. The van der Waals surface area contributed by atoms with Crippen molar-refractivity contribution in [2.24, 2.45) is 0 Å². The van der Waals surface area contributed by atoms with Gasteiger partial charge in [0.2, 0.25) is 0 Å². The molecule has 0 bridgehead atoms. The number of aliphatic hydroxyl groups is 1. The first-order valence-electron chi connectivity index (χ1n) is 3.64. The van der Waals surface area contributed by atoms with Crippen molar-refractivity contribution in [3.05, 3.63) is 24.3 Å². The van der Waals surface area contributed by atoms with E-state index >= 15 is 0 Å². The third-order valence-electron chi connectivity index (χ3n) is 1.46. The van der Waals surface area contributed by atoms with Gasteiger partial charge < -0.3 is 5.11 Å². The van der Waals surface area contributed by atoms with Gasteiger partial charge in [-0.25, -0.2) is 9.97 Å². The van der Waals surface area contributed by atoms with Crippen molar-refractivity contribution in [3.63, 3.8) is 0 Å². The molecule has 0 aromatic carbocycles. The molecule has 0 spiro atoms. The molecular weight excluding hydrogens is 156 g/mol. The van der Waals surface area contributed by atoms with Gasteiger partial charge in [-0.1, -0.05) is 0 Å². The molecular formula is C8H10N2O2. The summed E-state index contributed by atoms with van der Waals surface area (Å²) in [6, 6.07) is 1.68. The summed E-state index contributed by atoms with van der Waals surface area (Å²) in [6.07, 6.45) is 2.37. The Morgan fingerprint density at radius 3 is 2.67 bits per heavy atom. The Morgan fingerprint density at radius 2 is 2.17 bits per heavy atom. The van der Waals surface area contributed by atoms with Gasteiger partial charge in [-0.3, -0.25) is 4.79 Å². The normalized spacial score (nSPS) is 12.5. The highest BCUT2D eigenvalue weighted by molar-refractivity contribution is 5.80. The average Bonchev–Trinajstić information content (AvgIpc) is 2.06. The molecule has 1 atom stereocenters. The molecule has 4 heteroatoms. The van der Waals surface area contributed by atoms with E-state index in [0.717, 1.165) is 0 Å². The van der Waals surface area contributed by atoms with Gasteiger partial charge in [0.15, 0.2) is 5.78 Å². The maximum atomic E-state index is 10.6. The van der Waals surface area contributed by atoms with Gasteiger partial charge in [-0.05, 0) is 13.0 Å². The van der Waals surface area contributed by atoms with Crippen LogP contribution in [0.3, 0.4) is 0 Å². The van der Waals surface area contributed by atoms with Gasteiger partial charge in [0.25, 0.3) is 0 Å². The van der Waals surface area contributed by atoms with Crippen molar-refractivity contribution in [1.82, 2.24) is 9.97 Å². The molecule has 0 aliphatic carbocycles. The van der Waals surface area contributed by atoms with Crippen LogP contribution in [0.5, 0.6) is 0 Å². The van der Waals surface area contributed by atoms with Crippen LogP contribution in [-0.2, 0) is 11.2 Å². The van der Waals surface area contributed by atoms with Crippen LogP contribution in [0.1, 0.15) is 12.7 Å². The first kappa shape index (κ1) is 8.80. The van der Waals surface area contributed by atoms with Gasteiger partial charge in [0, 0.05) is 18.8 Å². The number of hydrogen-bond acceptors (Lipinski definition) is 4. The third-order valence-corrected chi connectivity index (χ3v) is 1.46. The molecule has 0 amide bonds. The van der Waals surface area contributed by atoms with Crippen LogP contribution in [0.2, 0.25) is 0 Å². The smallest absolute Gasteiger partial charge is 0.158 e. The largest absolute Gasteiger partial charge is 0.385 e. The van der Waals surface area contributed by atoms with E-state index in [4.69, 9.17) is 5.11 Å². The highest BCUT2D eigenvalue weighted by atomic mass is 16.3. The predicted molar refractivity (Wildman–Crippen MR) is 42.4 cm³/mol. The van der Waals surface area contributed by atoms with Crippen molar-refractivity contribution in [3.8, 4) is 0 Å². The Hall–Kier alpha value is -1.29. The number of Topliss-reactive ketones (excluding diaryl/α,β-unsaturated/α-hetero) is 1. The van der Waals surface area contributed by atoms with E-state index in [9.17, 15) is 4.79 Å². The molecule has 0 saturated carbocycles. The Balaban J connectivity index is 2.58. The summed E-state index contributed by atoms with van der Waals surface area (Å²) in [4.78, 5) is 18.4. The summed E-state index contributed by atoms with van der Waals surface area (Å²) in [6.45, 7) is 1.34. The minimum atomic E-state index is -0.979. The molecule has 12 heavy (non-hydrogen) atoms. The highest BCUT2D eigenvalue weighted by Gasteiger charge is 2.11. The number of aliphatic hydroxyl groups excluding tert-OH is 1. The number of hydrogen-bond donors (Lipinski definition) is 1. The van der Waals surface area contributed by atoms with E-state index in [0.29, 0.717) is 5.82 Å². The molecule has 1 rings (SSSR count). The summed E-state index contributed by atoms with van der Waals surface area (Å²) in [5.41, 5.74) is 0. The van der Waals surface area contributed by atoms with Crippen molar-refractivity contribution in [2.75, 3.05) is 0 Å². The van der Waals surface area contributed by atoms with Gasteiger partial charge in [-0.2, -0.15) is 0 Å². The Morgan fingerprint density at radius 1 is 1.58 bits per heavy atom. The molecule has 0 saturated heterocycles. The van der Waals surface area contributed by atoms with E-state index in [1.54, 1.807) is 18.5 Å². The summed E-state index contributed by atoms with van der Waals surface area (Å²) in [7, 11) is 0. The van der Waals surface area contributed by atoms with Gasteiger partial charge >= 0.3 is 0 Å². The van der Waals surface area contributed by atoms with Crippen molar-refractivity contribution in [2.45, 2.75) is 19.4 Å². The predicted octanol–water partition coefficient (Wildman–Crippen LogP) is -0.0310. The molecule has 0 radical (unpaired) electrons. The molecule has 0 aliphatic heterocycles. The number of ketones is 1. The Bertz CT molecular complexity index is 261. The van der Waals surface area contributed by atoms with Crippen molar-refractivity contribution in [1.29, 1.82) is 0 Å². The molecule has 64 valence electrons. The SMILES string of the molecule is CC(=O)C(O)Cc1ncccn1. The zero-order chi connectivity index (χ0) is 8.97. The number of aromatic nitrogens is 2. The number of carbonyl (C=O) groups is 1. The maximum absolute atomic E-state index is 10.6. The third kappa shape index (κ3) is 2.39. The Kier molecular flexibility index (Phi) is 2.88. The summed E-state index contributed by atoms with van der Waals surface area (Å²) in [5, 5.41) is 9.15. The zero-order valence-electron chi connectivity index (χ0n) is 6.77. The topological polar surface area (TPSA) is 63.1 Å².